The van der Waals surface area contributed by atoms with E-state index >= 15 is 0 Å². The Morgan fingerprint density at radius 2 is 1.84 bits per heavy atom. The third-order valence-electron chi connectivity index (χ3n) is 5.64. The molecule has 3 aromatic heterocycles. The first kappa shape index (κ1) is 20.4. The minimum absolute atomic E-state index is 0.0676. The van der Waals surface area contributed by atoms with Gasteiger partial charge in [0.1, 0.15) is 11.6 Å². The van der Waals surface area contributed by atoms with Crippen molar-refractivity contribution in [1.29, 1.82) is 0 Å². The van der Waals surface area contributed by atoms with E-state index in [-0.39, 0.29) is 12.0 Å². The topological polar surface area (TPSA) is 127 Å². The number of carboxylic acids is 1. The Balaban J connectivity index is 1.35. The number of hydrogen-bond donors (Lipinski definition) is 2. The minimum Gasteiger partial charge on any atom is -0.481 e. The van der Waals surface area contributed by atoms with Crippen LogP contribution in [0.3, 0.4) is 0 Å². The number of aromatic nitrogens is 5. The van der Waals surface area contributed by atoms with Gasteiger partial charge in [0, 0.05) is 18.1 Å². The SMILES string of the molecule is Cc1nnc(-c2ccc(-c3nc4[nH]c(O[C@H]5CC[C@H](C(=O)O)CC5)nc4cc3Cl)cc2)o1. The largest absolute Gasteiger partial charge is 0.481 e. The van der Waals surface area contributed by atoms with Gasteiger partial charge in [-0.05, 0) is 43.9 Å². The van der Waals surface area contributed by atoms with E-state index in [0.29, 0.717) is 65.4 Å². The molecule has 32 heavy (non-hydrogen) atoms. The second kappa shape index (κ2) is 8.23. The zero-order chi connectivity index (χ0) is 22.2. The highest BCUT2D eigenvalue weighted by molar-refractivity contribution is 6.33. The van der Waals surface area contributed by atoms with Crippen molar-refractivity contribution in [3.8, 4) is 28.7 Å². The van der Waals surface area contributed by atoms with Gasteiger partial charge in [-0.25, -0.2) is 4.98 Å². The lowest BCUT2D eigenvalue weighted by Gasteiger charge is -2.25. The lowest BCUT2D eigenvalue weighted by atomic mass is 9.87. The van der Waals surface area contributed by atoms with Crippen LogP contribution in [-0.2, 0) is 4.79 Å². The number of hydrogen-bond acceptors (Lipinski definition) is 7. The first-order valence-electron chi connectivity index (χ1n) is 10.3. The number of ether oxygens (including phenoxy) is 1. The van der Waals surface area contributed by atoms with Crippen LogP contribution >= 0.6 is 11.6 Å². The van der Waals surface area contributed by atoms with Gasteiger partial charge >= 0.3 is 5.97 Å². The number of imidazole rings is 1. The van der Waals surface area contributed by atoms with Crippen LogP contribution < -0.4 is 4.74 Å². The zero-order valence-corrected chi connectivity index (χ0v) is 18.0. The summed E-state index contributed by atoms with van der Waals surface area (Å²) >= 11 is 6.49. The molecule has 3 heterocycles. The summed E-state index contributed by atoms with van der Waals surface area (Å²) in [6, 6.07) is 9.65. The Morgan fingerprint density at radius 3 is 2.50 bits per heavy atom. The number of aliphatic carboxylic acids is 1. The normalized spacial score (nSPS) is 18.7. The molecular formula is C22H20ClN5O4. The molecule has 1 aliphatic carbocycles. The summed E-state index contributed by atoms with van der Waals surface area (Å²) in [6.07, 6.45) is 2.50. The van der Waals surface area contributed by atoms with Crippen LogP contribution in [0.5, 0.6) is 6.01 Å². The molecule has 1 aliphatic rings. The predicted octanol–water partition coefficient (Wildman–Crippen LogP) is 4.66. The minimum atomic E-state index is -0.737. The molecule has 164 valence electrons. The first-order chi connectivity index (χ1) is 15.5. The summed E-state index contributed by atoms with van der Waals surface area (Å²) in [5.74, 6) is -0.0645. The quantitative estimate of drug-likeness (QED) is 0.446. The van der Waals surface area contributed by atoms with Crippen molar-refractivity contribution in [2.24, 2.45) is 5.92 Å². The van der Waals surface area contributed by atoms with Crippen molar-refractivity contribution in [3.63, 3.8) is 0 Å². The van der Waals surface area contributed by atoms with Gasteiger partial charge in [-0.2, -0.15) is 4.98 Å². The number of H-pyrrole nitrogens is 1. The number of aromatic amines is 1. The predicted molar refractivity (Wildman–Crippen MR) is 116 cm³/mol. The van der Waals surface area contributed by atoms with E-state index in [0.717, 1.165) is 11.1 Å². The Hall–Kier alpha value is -3.46. The van der Waals surface area contributed by atoms with E-state index in [1.807, 2.05) is 24.3 Å². The second-order valence-electron chi connectivity index (χ2n) is 7.86. The lowest BCUT2D eigenvalue weighted by molar-refractivity contribution is -0.143. The third-order valence-corrected chi connectivity index (χ3v) is 5.92. The first-order valence-corrected chi connectivity index (χ1v) is 10.7. The highest BCUT2D eigenvalue weighted by atomic mass is 35.5. The van der Waals surface area contributed by atoms with Crippen LogP contribution in [0.4, 0.5) is 0 Å². The van der Waals surface area contributed by atoms with Gasteiger partial charge in [0.25, 0.3) is 6.01 Å². The van der Waals surface area contributed by atoms with Gasteiger partial charge in [0.15, 0.2) is 5.65 Å². The van der Waals surface area contributed by atoms with Gasteiger partial charge in [-0.1, -0.05) is 23.7 Å². The van der Waals surface area contributed by atoms with Gasteiger partial charge in [0.2, 0.25) is 11.8 Å². The molecule has 0 saturated heterocycles. The number of aryl methyl sites for hydroxylation is 1. The summed E-state index contributed by atoms with van der Waals surface area (Å²) in [6.45, 7) is 1.74. The molecule has 0 atom stereocenters. The standard InChI is InChI=1S/C22H20ClN5O4/c1-11-27-28-20(31-11)13-4-2-12(3-5-13)18-16(23)10-17-19(25-18)26-22(24-17)32-15-8-6-14(7-9-15)21(29)30/h2-5,10,14-15H,6-9H2,1H3,(H,29,30)(H,24,25,26)/t14-,15-. The highest BCUT2D eigenvalue weighted by Gasteiger charge is 2.27. The molecule has 0 unspecified atom stereocenters. The zero-order valence-electron chi connectivity index (χ0n) is 17.2. The van der Waals surface area contributed by atoms with Crippen molar-refractivity contribution in [3.05, 3.63) is 41.2 Å². The third kappa shape index (κ3) is 4.03. The van der Waals surface area contributed by atoms with Gasteiger partial charge in [-0.3, -0.25) is 9.78 Å². The molecular weight excluding hydrogens is 434 g/mol. The maximum absolute atomic E-state index is 11.1. The Kier molecular flexibility index (Phi) is 5.26. The molecule has 1 saturated carbocycles. The van der Waals surface area contributed by atoms with Crippen LogP contribution in [-0.4, -0.2) is 42.3 Å². The average molecular weight is 454 g/mol. The number of fused-ring (bicyclic) bond motifs is 1. The molecule has 9 nitrogen and oxygen atoms in total. The van der Waals surface area contributed by atoms with Gasteiger partial charge in [-0.15, -0.1) is 10.2 Å². The van der Waals surface area contributed by atoms with Crippen LogP contribution in [0.15, 0.2) is 34.7 Å². The van der Waals surface area contributed by atoms with Crippen molar-refractivity contribution in [1.82, 2.24) is 25.1 Å². The van der Waals surface area contributed by atoms with Crippen LogP contribution in [0, 0.1) is 12.8 Å². The number of carbonyl (C=O) groups is 1. The van der Waals surface area contributed by atoms with E-state index in [2.05, 4.69) is 25.1 Å². The number of pyridine rings is 1. The number of benzene rings is 1. The highest BCUT2D eigenvalue weighted by Crippen LogP contribution is 2.32. The molecule has 0 spiro atoms. The molecule has 0 amide bonds. The molecule has 1 fully saturated rings. The van der Waals surface area contributed by atoms with E-state index in [1.54, 1.807) is 13.0 Å². The average Bonchev–Trinajstić information content (AvgIpc) is 3.39. The number of halogens is 1. The van der Waals surface area contributed by atoms with Gasteiger partial charge < -0.3 is 14.3 Å². The molecule has 0 aliphatic heterocycles. The fourth-order valence-corrected chi connectivity index (χ4v) is 4.18. The summed E-state index contributed by atoms with van der Waals surface area (Å²) < 4.78 is 11.4. The number of rotatable bonds is 5. The molecule has 5 rings (SSSR count). The van der Waals surface area contributed by atoms with E-state index in [1.165, 1.54) is 0 Å². The Bertz CT molecular complexity index is 1280. The van der Waals surface area contributed by atoms with E-state index < -0.39 is 5.97 Å². The Labute approximate surface area is 187 Å². The van der Waals surface area contributed by atoms with Gasteiger partial charge in [0.05, 0.1) is 16.6 Å². The van der Waals surface area contributed by atoms with Crippen LogP contribution in [0.1, 0.15) is 31.6 Å². The van der Waals surface area contributed by atoms with Crippen molar-refractivity contribution < 1.29 is 19.1 Å². The molecule has 0 bridgehead atoms. The second-order valence-corrected chi connectivity index (χ2v) is 8.27. The lowest BCUT2D eigenvalue weighted by Crippen LogP contribution is -2.28. The van der Waals surface area contributed by atoms with E-state index in [9.17, 15) is 4.79 Å². The smallest absolute Gasteiger partial charge is 0.306 e. The van der Waals surface area contributed by atoms with Crippen molar-refractivity contribution in [2.75, 3.05) is 0 Å². The summed E-state index contributed by atoms with van der Waals surface area (Å²) in [5.41, 5.74) is 3.42. The maximum Gasteiger partial charge on any atom is 0.306 e. The molecule has 2 N–H and O–H groups in total. The number of nitrogens with one attached hydrogen (secondary N) is 1. The van der Waals surface area contributed by atoms with Crippen LogP contribution in [0.2, 0.25) is 5.02 Å². The molecule has 0 radical (unpaired) electrons. The van der Waals surface area contributed by atoms with Crippen molar-refractivity contribution >= 4 is 28.7 Å². The fraction of sp³-hybridized carbons (Fsp3) is 0.318. The van der Waals surface area contributed by atoms with Crippen LogP contribution in [0.25, 0.3) is 33.9 Å². The molecule has 10 heteroatoms. The summed E-state index contributed by atoms with van der Waals surface area (Å²) in [7, 11) is 0. The molecule has 4 aromatic rings. The maximum atomic E-state index is 11.1. The Morgan fingerprint density at radius 1 is 1.12 bits per heavy atom. The molecule has 1 aromatic carbocycles. The number of carboxylic acid groups (broad SMARTS) is 1. The summed E-state index contributed by atoms with van der Waals surface area (Å²) in [5, 5.41) is 17.5. The fourth-order valence-electron chi connectivity index (χ4n) is 3.92. The monoisotopic (exact) mass is 453 g/mol. The van der Waals surface area contributed by atoms with Crippen molar-refractivity contribution in [2.45, 2.75) is 38.7 Å². The number of nitrogens with zero attached hydrogens (tertiary/aromatic N) is 4. The summed E-state index contributed by atoms with van der Waals surface area (Å²) in [4.78, 5) is 23.3. The van der Waals surface area contributed by atoms with E-state index in [4.69, 9.17) is 25.9 Å².